The second-order valence-electron chi connectivity index (χ2n) is 2.69. The summed E-state index contributed by atoms with van der Waals surface area (Å²) in [5, 5.41) is 8.34. The van der Waals surface area contributed by atoms with Gasteiger partial charge in [0, 0.05) is 12.8 Å². The van der Waals surface area contributed by atoms with Gasteiger partial charge in [0.25, 0.3) is 0 Å². The molecule has 0 aromatic carbocycles. The molecule has 0 amide bonds. The van der Waals surface area contributed by atoms with Gasteiger partial charge < -0.3 is 0 Å². The number of nitriles is 1. The molecule has 1 heterocycles. The Morgan fingerprint density at radius 2 is 1.91 bits per heavy atom. The van der Waals surface area contributed by atoms with E-state index in [4.69, 9.17) is 11.7 Å². The van der Waals surface area contributed by atoms with Crippen LogP contribution >= 0.6 is 0 Å². The Morgan fingerprint density at radius 3 is 2.36 bits per heavy atom. The average Bonchev–Trinajstić information content (AvgIpc) is 2.79. The fraction of sp³-hybridized carbons (Fsp3) is 0.625. The van der Waals surface area contributed by atoms with Crippen molar-refractivity contribution in [3.8, 4) is 18.4 Å². The van der Waals surface area contributed by atoms with E-state index < -0.39 is 0 Å². The van der Waals surface area contributed by atoms with E-state index >= 15 is 0 Å². The third-order valence-corrected chi connectivity index (χ3v) is 1.84. The van der Waals surface area contributed by atoms with Gasteiger partial charge in [0.2, 0.25) is 0 Å². The first-order chi connectivity index (χ1) is 5.33. The SMILES string of the molecule is C#CCCC1(CCC#N)NN1. The molecule has 3 nitrogen and oxygen atoms in total. The van der Waals surface area contributed by atoms with Crippen LogP contribution in [0.2, 0.25) is 0 Å². The highest BCUT2D eigenvalue weighted by atomic mass is 15.7. The van der Waals surface area contributed by atoms with Crippen molar-refractivity contribution in [1.82, 2.24) is 10.9 Å². The third kappa shape index (κ3) is 2.23. The molecule has 0 aromatic rings. The summed E-state index contributed by atoms with van der Waals surface area (Å²) in [6.45, 7) is 0. The second kappa shape index (κ2) is 3.39. The highest BCUT2D eigenvalue weighted by Crippen LogP contribution is 2.22. The zero-order valence-electron chi connectivity index (χ0n) is 6.35. The van der Waals surface area contributed by atoms with Gasteiger partial charge in [-0.15, -0.1) is 12.3 Å². The van der Waals surface area contributed by atoms with Crippen molar-refractivity contribution in [1.29, 1.82) is 5.26 Å². The normalized spacial score (nSPS) is 18.4. The Hall–Kier alpha value is -1.03. The number of hydrogen-bond donors (Lipinski definition) is 2. The van der Waals surface area contributed by atoms with E-state index in [2.05, 4.69) is 22.8 Å². The molecular weight excluding hydrogens is 138 g/mol. The highest BCUT2D eigenvalue weighted by molar-refractivity contribution is 4.99. The van der Waals surface area contributed by atoms with Crippen LogP contribution in [-0.4, -0.2) is 5.66 Å². The topological polar surface area (TPSA) is 67.7 Å². The molecule has 1 saturated heterocycles. The lowest BCUT2D eigenvalue weighted by atomic mass is 10.0. The lowest BCUT2D eigenvalue weighted by Gasteiger charge is -2.05. The van der Waals surface area contributed by atoms with E-state index in [1.807, 2.05) is 0 Å². The minimum atomic E-state index is -0.0118. The molecule has 0 aliphatic carbocycles. The summed E-state index contributed by atoms with van der Waals surface area (Å²) in [5.74, 6) is 2.58. The number of hydrogen-bond acceptors (Lipinski definition) is 3. The van der Waals surface area contributed by atoms with E-state index in [0.29, 0.717) is 6.42 Å². The standard InChI is InChI=1S/C8H11N3/c1-2-3-5-8(10-11-8)6-4-7-9/h1,10-11H,3-6H2. The molecule has 11 heavy (non-hydrogen) atoms. The molecule has 1 fully saturated rings. The Labute approximate surface area is 66.7 Å². The molecule has 1 aliphatic rings. The van der Waals surface area contributed by atoms with Crippen LogP contribution in [0.5, 0.6) is 0 Å². The Bertz CT molecular complexity index is 184. The summed E-state index contributed by atoms with van der Waals surface area (Å²) in [7, 11) is 0. The fourth-order valence-electron chi connectivity index (χ4n) is 1.02. The summed E-state index contributed by atoms with van der Waals surface area (Å²) in [6, 6.07) is 2.11. The van der Waals surface area contributed by atoms with E-state index in [1.54, 1.807) is 0 Å². The van der Waals surface area contributed by atoms with Gasteiger partial charge in [-0.05, 0) is 12.8 Å². The lowest BCUT2D eigenvalue weighted by molar-refractivity contribution is 0.525. The number of nitrogens with one attached hydrogen (secondary N) is 2. The molecule has 0 atom stereocenters. The van der Waals surface area contributed by atoms with Gasteiger partial charge in [0.1, 0.15) is 0 Å². The average molecular weight is 149 g/mol. The largest absolute Gasteiger partial charge is 0.235 e. The third-order valence-electron chi connectivity index (χ3n) is 1.84. The molecule has 0 radical (unpaired) electrons. The first-order valence-corrected chi connectivity index (χ1v) is 3.68. The molecule has 0 aromatic heterocycles. The van der Waals surface area contributed by atoms with Crippen molar-refractivity contribution >= 4 is 0 Å². The quantitative estimate of drug-likeness (QED) is 0.452. The van der Waals surface area contributed by atoms with E-state index in [1.165, 1.54) is 0 Å². The van der Waals surface area contributed by atoms with Gasteiger partial charge in [-0.3, -0.25) is 0 Å². The van der Waals surface area contributed by atoms with Crippen LogP contribution in [-0.2, 0) is 0 Å². The summed E-state index contributed by atoms with van der Waals surface area (Å²) >= 11 is 0. The maximum Gasteiger partial charge on any atom is 0.0962 e. The maximum absolute atomic E-state index is 8.34. The van der Waals surface area contributed by atoms with Crippen LogP contribution in [0.25, 0.3) is 0 Å². The highest BCUT2D eigenvalue weighted by Gasteiger charge is 2.39. The van der Waals surface area contributed by atoms with Crippen LogP contribution in [0.15, 0.2) is 0 Å². The monoisotopic (exact) mass is 149 g/mol. The summed E-state index contributed by atoms with van der Waals surface area (Å²) < 4.78 is 0. The van der Waals surface area contributed by atoms with E-state index in [0.717, 1.165) is 19.3 Å². The van der Waals surface area contributed by atoms with Crippen LogP contribution < -0.4 is 10.9 Å². The van der Waals surface area contributed by atoms with Gasteiger partial charge in [-0.25, -0.2) is 10.9 Å². The van der Waals surface area contributed by atoms with E-state index in [-0.39, 0.29) is 5.66 Å². The molecule has 0 bridgehead atoms. The summed E-state index contributed by atoms with van der Waals surface area (Å²) in [4.78, 5) is 0. The van der Waals surface area contributed by atoms with Crippen molar-refractivity contribution in [2.45, 2.75) is 31.3 Å². The van der Waals surface area contributed by atoms with Crippen LogP contribution in [0.1, 0.15) is 25.7 Å². The van der Waals surface area contributed by atoms with Crippen molar-refractivity contribution in [2.24, 2.45) is 0 Å². The lowest BCUT2D eigenvalue weighted by Crippen LogP contribution is -2.16. The number of hydrazine groups is 1. The Balaban J connectivity index is 2.20. The number of nitrogens with zero attached hydrogens (tertiary/aromatic N) is 1. The predicted octanol–water partition coefficient (Wildman–Crippen LogP) is 0.508. The summed E-state index contributed by atoms with van der Waals surface area (Å²) in [5.41, 5.74) is 6.03. The predicted molar refractivity (Wildman–Crippen MR) is 41.9 cm³/mol. The minimum Gasteiger partial charge on any atom is -0.235 e. The van der Waals surface area contributed by atoms with Crippen molar-refractivity contribution in [3.05, 3.63) is 0 Å². The molecule has 2 N–H and O–H groups in total. The molecule has 0 spiro atoms. The first-order valence-electron chi connectivity index (χ1n) is 3.68. The van der Waals surface area contributed by atoms with Gasteiger partial charge in [0.05, 0.1) is 11.7 Å². The van der Waals surface area contributed by atoms with Gasteiger partial charge >= 0.3 is 0 Å². The maximum atomic E-state index is 8.34. The van der Waals surface area contributed by atoms with Crippen molar-refractivity contribution in [2.75, 3.05) is 0 Å². The second-order valence-corrected chi connectivity index (χ2v) is 2.69. The molecule has 0 saturated carbocycles. The van der Waals surface area contributed by atoms with Gasteiger partial charge in [-0.2, -0.15) is 5.26 Å². The van der Waals surface area contributed by atoms with Gasteiger partial charge in [0.15, 0.2) is 0 Å². The smallest absolute Gasteiger partial charge is 0.0962 e. The molecule has 0 unspecified atom stereocenters. The Kier molecular flexibility index (Phi) is 2.48. The molecular formula is C8H11N3. The Morgan fingerprint density at radius 1 is 1.27 bits per heavy atom. The number of terminal acetylenes is 1. The van der Waals surface area contributed by atoms with Crippen LogP contribution in [0.3, 0.4) is 0 Å². The zero-order valence-corrected chi connectivity index (χ0v) is 6.35. The number of rotatable bonds is 4. The first kappa shape index (κ1) is 8.07. The fourth-order valence-corrected chi connectivity index (χ4v) is 1.02. The van der Waals surface area contributed by atoms with Crippen molar-refractivity contribution in [3.63, 3.8) is 0 Å². The van der Waals surface area contributed by atoms with Crippen molar-refractivity contribution < 1.29 is 0 Å². The summed E-state index contributed by atoms with van der Waals surface area (Å²) in [6.07, 6.45) is 8.20. The van der Waals surface area contributed by atoms with E-state index in [9.17, 15) is 0 Å². The van der Waals surface area contributed by atoms with Gasteiger partial charge in [-0.1, -0.05) is 0 Å². The molecule has 1 aliphatic heterocycles. The van der Waals surface area contributed by atoms with Crippen LogP contribution in [0, 0.1) is 23.7 Å². The zero-order chi connectivity index (χ0) is 8.16. The molecule has 3 heteroatoms. The molecule has 58 valence electrons. The van der Waals surface area contributed by atoms with Crippen LogP contribution in [0.4, 0.5) is 0 Å². The molecule has 1 rings (SSSR count). The minimum absolute atomic E-state index is 0.0118.